The van der Waals surface area contributed by atoms with E-state index >= 15 is 0 Å². The molecule has 1 heteroatoms. The van der Waals surface area contributed by atoms with Gasteiger partial charge in [-0.2, -0.15) is 0 Å². The number of nitrogens with one attached hydrogen (secondary N) is 1. The van der Waals surface area contributed by atoms with Crippen molar-refractivity contribution in [2.75, 3.05) is 0 Å². The first-order chi connectivity index (χ1) is 9.35. The van der Waals surface area contributed by atoms with Crippen LogP contribution in [0.25, 0.3) is 6.08 Å². The van der Waals surface area contributed by atoms with Crippen molar-refractivity contribution in [3.05, 3.63) is 52.6 Å². The molecule has 20 heavy (non-hydrogen) atoms. The van der Waals surface area contributed by atoms with Gasteiger partial charge < -0.3 is 5.41 Å². The van der Waals surface area contributed by atoms with E-state index in [9.17, 15) is 0 Å². The molecule has 0 aliphatic rings. The third kappa shape index (κ3) is 5.56. The summed E-state index contributed by atoms with van der Waals surface area (Å²) in [7, 11) is 0. The van der Waals surface area contributed by atoms with Crippen LogP contribution in [0, 0.1) is 17.7 Å². The molecular formula is C19H27N. The molecule has 1 N–H and O–H groups in total. The molecule has 1 rings (SSSR count). The van der Waals surface area contributed by atoms with Crippen LogP contribution in [0.3, 0.4) is 0 Å². The lowest BCUT2D eigenvalue weighted by molar-refractivity contribution is 0.413. The highest BCUT2D eigenvalue weighted by Crippen LogP contribution is 2.25. The maximum Gasteiger partial charge on any atom is 0.0256 e. The Hall–Kier alpha value is -1.63. The van der Waals surface area contributed by atoms with Crippen molar-refractivity contribution in [3.63, 3.8) is 0 Å². The smallest absolute Gasteiger partial charge is 0.0256 e. The fraction of sp³-hybridized carbons (Fsp3) is 0.421. The highest BCUT2D eigenvalue weighted by molar-refractivity contribution is 5.84. The molecule has 0 atom stereocenters. The van der Waals surface area contributed by atoms with Crippen LogP contribution in [0.5, 0.6) is 0 Å². The predicted octanol–water partition coefficient (Wildman–Crippen LogP) is 5.78. The molecule has 1 nitrogen and oxygen atoms in total. The summed E-state index contributed by atoms with van der Waals surface area (Å²) in [6.07, 6.45) is 10.2. The quantitative estimate of drug-likeness (QED) is 0.517. The van der Waals surface area contributed by atoms with Crippen molar-refractivity contribution >= 4 is 12.3 Å². The molecule has 0 amide bonds. The number of hydrogen-bond acceptors (Lipinski definition) is 1. The van der Waals surface area contributed by atoms with Crippen molar-refractivity contribution in [1.29, 1.82) is 5.41 Å². The molecule has 108 valence electrons. The second kappa shape index (κ2) is 7.23. The van der Waals surface area contributed by atoms with Crippen LogP contribution in [0.1, 0.15) is 57.2 Å². The summed E-state index contributed by atoms with van der Waals surface area (Å²) in [4.78, 5) is 0. The molecule has 0 aliphatic heterocycles. The highest BCUT2D eigenvalue weighted by atomic mass is 14.3. The summed E-state index contributed by atoms with van der Waals surface area (Å²) in [5.41, 5.74) is 4.95. The van der Waals surface area contributed by atoms with Crippen molar-refractivity contribution in [1.82, 2.24) is 0 Å². The Morgan fingerprint density at radius 3 is 2.45 bits per heavy atom. The SMILES string of the molecule is CC/C=C(\C=C\c1ccc(C)cc1C=N)CC(C)(C)C. The largest absolute Gasteiger partial charge is 0.308 e. The Kier molecular flexibility index (Phi) is 5.94. The van der Waals surface area contributed by atoms with Crippen LogP contribution in [0.4, 0.5) is 0 Å². The molecule has 0 saturated carbocycles. The highest BCUT2D eigenvalue weighted by Gasteiger charge is 2.11. The molecular weight excluding hydrogens is 242 g/mol. The predicted molar refractivity (Wildman–Crippen MR) is 90.5 cm³/mol. The zero-order valence-electron chi connectivity index (χ0n) is 13.5. The van der Waals surface area contributed by atoms with Gasteiger partial charge in [0.1, 0.15) is 0 Å². The number of allylic oxidation sites excluding steroid dienone is 3. The second-order valence-electron chi connectivity index (χ2n) is 6.53. The average Bonchev–Trinajstić information content (AvgIpc) is 2.35. The van der Waals surface area contributed by atoms with E-state index in [1.807, 2.05) is 0 Å². The minimum Gasteiger partial charge on any atom is -0.308 e. The van der Waals surface area contributed by atoms with E-state index in [-0.39, 0.29) is 0 Å². The normalized spacial score (nSPS) is 12.9. The molecule has 0 aliphatic carbocycles. The minimum atomic E-state index is 0.295. The van der Waals surface area contributed by atoms with E-state index < -0.39 is 0 Å². The van der Waals surface area contributed by atoms with Crippen molar-refractivity contribution in [2.24, 2.45) is 5.41 Å². The maximum absolute atomic E-state index is 7.52. The van der Waals surface area contributed by atoms with E-state index in [0.29, 0.717) is 5.41 Å². The summed E-state index contributed by atoms with van der Waals surface area (Å²) >= 11 is 0. The number of rotatable bonds is 5. The Bertz CT molecular complexity index is 513. The minimum absolute atomic E-state index is 0.295. The third-order valence-corrected chi connectivity index (χ3v) is 3.08. The second-order valence-corrected chi connectivity index (χ2v) is 6.53. The van der Waals surface area contributed by atoms with E-state index in [4.69, 9.17) is 5.41 Å². The van der Waals surface area contributed by atoms with Crippen LogP contribution in [0.2, 0.25) is 0 Å². The van der Waals surface area contributed by atoms with Crippen molar-refractivity contribution in [2.45, 2.75) is 47.5 Å². The van der Waals surface area contributed by atoms with Gasteiger partial charge in [-0.05, 0) is 42.4 Å². The van der Waals surface area contributed by atoms with E-state index in [2.05, 4.69) is 71.0 Å². The standard InChI is InChI=1S/C19H27N/c1-6-7-16(13-19(3,4)5)9-11-17-10-8-15(2)12-18(17)14-20/h7-12,14,20H,6,13H2,1-5H3/b11-9+,16-7+,20-14?. The van der Waals surface area contributed by atoms with Crippen LogP contribution in [-0.2, 0) is 0 Å². The van der Waals surface area contributed by atoms with Gasteiger partial charge in [0.05, 0.1) is 0 Å². The third-order valence-electron chi connectivity index (χ3n) is 3.08. The molecule has 0 aromatic heterocycles. The topological polar surface area (TPSA) is 23.9 Å². The fourth-order valence-corrected chi connectivity index (χ4v) is 2.24. The summed E-state index contributed by atoms with van der Waals surface area (Å²) < 4.78 is 0. The van der Waals surface area contributed by atoms with Gasteiger partial charge >= 0.3 is 0 Å². The Morgan fingerprint density at radius 2 is 1.90 bits per heavy atom. The summed E-state index contributed by atoms with van der Waals surface area (Å²) in [5, 5.41) is 7.52. The molecule has 1 aromatic carbocycles. The van der Waals surface area contributed by atoms with Gasteiger partial charge in [0, 0.05) is 6.21 Å². The summed E-state index contributed by atoms with van der Waals surface area (Å²) in [6, 6.07) is 6.24. The van der Waals surface area contributed by atoms with Gasteiger partial charge in [-0.25, -0.2) is 0 Å². The monoisotopic (exact) mass is 269 g/mol. The zero-order chi connectivity index (χ0) is 15.2. The lowest BCUT2D eigenvalue weighted by Gasteiger charge is -2.18. The summed E-state index contributed by atoms with van der Waals surface area (Å²) in [5.74, 6) is 0. The molecule has 1 aromatic rings. The number of benzene rings is 1. The van der Waals surface area contributed by atoms with Gasteiger partial charge in [0.25, 0.3) is 0 Å². The van der Waals surface area contributed by atoms with Gasteiger partial charge in [-0.15, -0.1) is 0 Å². The van der Waals surface area contributed by atoms with E-state index in [1.165, 1.54) is 17.4 Å². The van der Waals surface area contributed by atoms with Gasteiger partial charge in [0.15, 0.2) is 0 Å². The van der Waals surface area contributed by atoms with Gasteiger partial charge in [0.2, 0.25) is 0 Å². The molecule has 0 radical (unpaired) electrons. The molecule has 0 saturated heterocycles. The average molecular weight is 269 g/mol. The van der Waals surface area contributed by atoms with Gasteiger partial charge in [-0.1, -0.05) is 69.2 Å². The lowest BCUT2D eigenvalue weighted by atomic mass is 9.87. The van der Waals surface area contributed by atoms with Crippen molar-refractivity contribution < 1.29 is 0 Å². The zero-order valence-corrected chi connectivity index (χ0v) is 13.5. The van der Waals surface area contributed by atoms with E-state index in [0.717, 1.165) is 24.0 Å². The molecule has 0 spiro atoms. The molecule has 0 fully saturated rings. The maximum atomic E-state index is 7.52. The first-order valence-electron chi connectivity index (χ1n) is 7.34. The van der Waals surface area contributed by atoms with Gasteiger partial charge in [-0.3, -0.25) is 0 Å². The summed E-state index contributed by atoms with van der Waals surface area (Å²) in [6.45, 7) is 11.0. The lowest BCUT2D eigenvalue weighted by Crippen LogP contribution is -2.05. The van der Waals surface area contributed by atoms with Crippen LogP contribution in [-0.4, -0.2) is 6.21 Å². The first-order valence-corrected chi connectivity index (χ1v) is 7.34. The number of aryl methyl sites for hydroxylation is 1. The van der Waals surface area contributed by atoms with Crippen LogP contribution >= 0.6 is 0 Å². The first kappa shape index (κ1) is 16.4. The molecule has 0 bridgehead atoms. The van der Waals surface area contributed by atoms with E-state index in [1.54, 1.807) is 0 Å². The number of hydrogen-bond donors (Lipinski definition) is 1. The molecule has 0 unspecified atom stereocenters. The van der Waals surface area contributed by atoms with Crippen molar-refractivity contribution in [3.8, 4) is 0 Å². The Labute approximate surface area is 123 Å². The van der Waals surface area contributed by atoms with Crippen LogP contribution in [0.15, 0.2) is 35.9 Å². The Morgan fingerprint density at radius 1 is 1.20 bits per heavy atom. The van der Waals surface area contributed by atoms with Crippen LogP contribution < -0.4 is 0 Å². The Balaban J connectivity index is 2.99. The fourth-order valence-electron chi connectivity index (χ4n) is 2.24. The molecule has 0 heterocycles.